The molecule has 0 saturated heterocycles. The highest BCUT2D eigenvalue weighted by Gasteiger charge is 2.29. The number of ketones is 1. The molecule has 0 spiro atoms. The fourth-order valence-electron chi connectivity index (χ4n) is 3.99. The molecule has 3 aromatic carbocycles. The largest absolute Gasteiger partial charge is 0.494 e. The normalized spacial score (nSPS) is 13.7. The van der Waals surface area contributed by atoms with Gasteiger partial charge in [0, 0.05) is 11.5 Å². The topological polar surface area (TPSA) is 75.0 Å². The van der Waals surface area contributed by atoms with Crippen molar-refractivity contribution in [1.82, 2.24) is 0 Å². The van der Waals surface area contributed by atoms with E-state index in [9.17, 15) is 9.59 Å². The maximum absolute atomic E-state index is 13.0. The maximum Gasteiger partial charge on any atom is 0.347 e. The predicted octanol–water partition coefficient (Wildman–Crippen LogP) is 6.28. The Labute approximate surface area is 196 Å². The lowest BCUT2D eigenvalue weighted by Crippen LogP contribution is -2.09. The van der Waals surface area contributed by atoms with Crippen molar-refractivity contribution < 1.29 is 28.2 Å². The Morgan fingerprint density at radius 1 is 1.00 bits per heavy atom. The standard InChI is InChI=1S/C28H22O6/c1-4-31-19-10-12-23-22(14-19)26(17(3)32-23)28(30)33-20-9-11-21-24(15-20)34-25(27(21)29)13-18-8-6-5-7-16(18)2/h5-15H,4H2,1-3H3/b25-13-. The van der Waals surface area contributed by atoms with E-state index in [0.717, 1.165) is 11.1 Å². The van der Waals surface area contributed by atoms with Gasteiger partial charge in [0.05, 0.1) is 12.2 Å². The number of furan rings is 1. The highest BCUT2D eigenvalue weighted by molar-refractivity contribution is 6.14. The molecule has 34 heavy (non-hydrogen) atoms. The SMILES string of the molecule is CCOc1ccc2oc(C)c(C(=O)Oc3ccc4c(c3)O/C(=C\c3ccccc3C)C4=O)c2c1. The van der Waals surface area contributed by atoms with E-state index in [4.69, 9.17) is 18.6 Å². The Morgan fingerprint density at radius 3 is 2.59 bits per heavy atom. The minimum Gasteiger partial charge on any atom is -0.494 e. The molecule has 2 heterocycles. The van der Waals surface area contributed by atoms with E-state index < -0.39 is 5.97 Å². The zero-order valence-corrected chi connectivity index (χ0v) is 19.0. The highest BCUT2D eigenvalue weighted by atomic mass is 16.5. The van der Waals surface area contributed by atoms with E-state index in [1.807, 2.05) is 38.1 Å². The van der Waals surface area contributed by atoms with Crippen molar-refractivity contribution >= 4 is 28.8 Å². The highest BCUT2D eigenvalue weighted by Crippen LogP contribution is 2.36. The van der Waals surface area contributed by atoms with Crippen molar-refractivity contribution in [3.05, 3.63) is 94.4 Å². The van der Waals surface area contributed by atoms with E-state index in [1.165, 1.54) is 0 Å². The van der Waals surface area contributed by atoms with Crippen LogP contribution in [0.4, 0.5) is 0 Å². The quantitative estimate of drug-likeness (QED) is 0.201. The summed E-state index contributed by atoms with van der Waals surface area (Å²) in [6.45, 7) is 6.08. The number of carbonyl (C=O) groups is 2. The van der Waals surface area contributed by atoms with Gasteiger partial charge in [-0.25, -0.2) is 4.79 Å². The van der Waals surface area contributed by atoms with Crippen LogP contribution < -0.4 is 14.2 Å². The fraction of sp³-hybridized carbons (Fsp3) is 0.143. The summed E-state index contributed by atoms with van der Waals surface area (Å²) in [5.74, 6) is 1.16. The van der Waals surface area contributed by atoms with Gasteiger partial charge >= 0.3 is 5.97 Å². The molecule has 1 aliphatic rings. The zero-order valence-electron chi connectivity index (χ0n) is 19.0. The van der Waals surface area contributed by atoms with Crippen LogP contribution in [-0.2, 0) is 0 Å². The summed E-state index contributed by atoms with van der Waals surface area (Å²) in [5, 5.41) is 0.615. The van der Waals surface area contributed by atoms with E-state index in [-0.39, 0.29) is 17.3 Å². The Kier molecular flexibility index (Phi) is 5.42. The van der Waals surface area contributed by atoms with Gasteiger partial charge in [-0.05, 0) is 68.3 Å². The summed E-state index contributed by atoms with van der Waals surface area (Å²) in [7, 11) is 0. The molecule has 0 bridgehead atoms. The van der Waals surface area contributed by atoms with Gasteiger partial charge in [-0.3, -0.25) is 4.79 Å². The fourth-order valence-corrected chi connectivity index (χ4v) is 3.99. The molecule has 1 aliphatic heterocycles. The second-order valence-corrected chi connectivity index (χ2v) is 7.97. The number of ether oxygens (including phenoxy) is 3. The number of hydrogen-bond acceptors (Lipinski definition) is 6. The summed E-state index contributed by atoms with van der Waals surface area (Å²) in [6, 6.07) is 17.8. The maximum atomic E-state index is 13.0. The summed E-state index contributed by atoms with van der Waals surface area (Å²) in [6.07, 6.45) is 1.72. The van der Waals surface area contributed by atoms with Crippen LogP contribution in [0.15, 0.2) is 70.8 Å². The van der Waals surface area contributed by atoms with Crippen molar-refractivity contribution in [1.29, 1.82) is 0 Å². The number of benzene rings is 3. The molecule has 0 saturated carbocycles. The lowest BCUT2D eigenvalue weighted by molar-refractivity contribution is 0.0734. The number of rotatable bonds is 5. The Morgan fingerprint density at radius 2 is 1.79 bits per heavy atom. The number of hydrogen-bond donors (Lipinski definition) is 0. The van der Waals surface area contributed by atoms with E-state index in [0.29, 0.717) is 46.0 Å². The van der Waals surface area contributed by atoms with Crippen LogP contribution in [0.1, 0.15) is 44.5 Å². The van der Waals surface area contributed by atoms with Crippen molar-refractivity contribution in [3.8, 4) is 17.2 Å². The number of allylic oxidation sites excluding steroid dienone is 1. The van der Waals surface area contributed by atoms with Crippen LogP contribution in [0.25, 0.3) is 17.0 Å². The zero-order chi connectivity index (χ0) is 23.8. The van der Waals surface area contributed by atoms with Crippen molar-refractivity contribution in [3.63, 3.8) is 0 Å². The minimum absolute atomic E-state index is 0.212. The Hall–Kier alpha value is -4.32. The Bertz CT molecular complexity index is 1470. The van der Waals surface area contributed by atoms with Gasteiger partial charge in [-0.15, -0.1) is 0 Å². The number of Topliss-reactive ketones (excluding diaryl/α,β-unsaturated/α-hetero) is 1. The smallest absolute Gasteiger partial charge is 0.347 e. The molecule has 0 fully saturated rings. The molecule has 170 valence electrons. The van der Waals surface area contributed by atoms with Crippen molar-refractivity contribution in [2.24, 2.45) is 0 Å². The average molecular weight is 454 g/mol. The summed E-state index contributed by atoms with van der Waals surface area (Å²) >= 11 is 0. The van der Waals surface area contributed by atoms with Crippen LogP contribution in [0.5, 0.6) is 17.2 Å². The summed E-state index contributed by atoms with van der Waals surface area (Å²) in [4.78, 5) is 25.8. The lowest BCUT2D eigenvalue weighted by atomic mass is 10.1. The lowest BCUT2D eigenvalue weighted by Gasteiger charge is -2.06. The molecule has 0 amide bonds. The van der Waals surface area contributed by atoms with Crippen LogP contribution in [-0.4, -0.2) is 18.4 Å². The molecular formula is C28H22O6. The van der Waals surface area contributed by atoms with Gasteiger partial charge in [-0.2, -0.15) is 0 Å². The Balaban J connectivity index is 1.41. The van der Waals surface area contributed by atoms with Gasteiger partial charge in [0.15, 0.2) is 5.76 Å². The second-order valence-electron chi connectivity index (χ2n) is 7.97. The van der Waals surface area contributed by atoms with Crippen LogP contribution in [0.3, 0.4) is 0 Å². The molecule has 5 rings (SSSR count). The first-order valence-corrected chi connectivity index (χ1v) is 11.0. The third kappa shape index (κ3) is 3.83. The second kappa shape index (κ2) is 8.56. The van der Waals surface area contributed by atoms with Gasteiger partial charge in [0.2, 0.25) is 5.78 Å². The van der Waals surface area contributed by atoms with E-state index in [2.05, 4.69) is 0 Å². The van der Waals surface area contributed by atoms with Crippen LogP contribution in [0, 0.1) is 13.8 Å². The van der Waals surface area contributed by atoms with Gasteiger partial charge in [0.25, 0.3) is 0 Å². The van der Waals surface area contributed by atoms with Crippen molar-refractivity contribution in [2.75, 3.05) is 6.61 Å². The molecule has 6 nitrogen and oxygen atoms in total. The summed E-state index contributed by atoms with van der Waals surface area (Å²) < 4.78 is 22.7. The van der Waals surface area contributed by atoms with Gasteiger partial charge in [0.1, 0.15) is 34.2 Å². The van der Waals surface area contributed by atoms with Gasteiger partial charge in [-0.1, -0.05) is 24.3 Å². The third-order valence-corrected chi connectivity index (χ3v) is 5.68. The van der Waals surface area contributed by atoms with E-state index >= 15 is 0 Å². The van der Waals surface area contributed by atoms with Crippen LogP contribution >= 0.6 is 0 Å². The predicted molar refractivity (Wildman–Crippen MR) is 128 cm³/mol. The number of esters is 1. The number of carbonyl (C=O) groups excluding carboxylic acids is 2. The van der Waals surface area contributed by atoms with E-state index in [1.54, 1.807) is 49.4 Å². The first-order chi connectivity index (χ1) is 16.4. The third-order valence-electron chi connectivity index (χ3n) is 5.68. The molecule has 1 aromatic heterocycles. The molecular weight excluding hydrogens is 432 g/mol. The van der Waals surface area contributed by atoms with Gasteiger partial charge < -0.3 is 18.6 Å². The molecule has 0 radical (unpaired) electrons. The number of fused-ring (bicyclic) bond motifs is 2. The van der Waals surface area contributed by atoms with Crippen molar-refractivity contribution in [2.45, 2.75) is 20.8 Å². The first-order valence-electron chi connectivity index (χ1n) is 11.0. The average Bonchev–Trinajstić information content (AvgIpc) is 3.30. The minimum atomic E-state index is -0.565. The first kappa shape index (κ1) is 21.5. The molecule has 4 aromatic rings. The molecule has 0 atom stereocenters. The summed E-state index contributed by atoms with van der Waals surface area (Å²) in [5.41, 5.74) is 3.26. The number of aryl methyl sites for hydroxylation is 2. The molecule has 0 aliphatic carbocycles. The molecule has 0 N–H and O–H groups in total. The monoisotopic (exact) mass is 454 g/mol. The molecule has 0 unspecified atom stereocenters. The molecule has 6 heteroatoms. The van der Waals surface area contributed by atoms with Crippen LogP contribution in [0.2, 0.25) is 0 Å².